The number of sulfonamides is 1. The first-order valence-corrected chi connectivity index (χ1v) is 8.01. The van der Waals surface area contributed by atoms with Crippen LogP contribution in [0, 0.1) is 6.92 Å². The second kappa shape index (κ2) is 6.14. The number of aryl methyl sites for hydroxylation is 1. The van der Waals surface area contributed by atoms with Gasteiger partial charge in [-0.25, -0.2) is 13.1 Å². The molecule has 0 bridgehead atoms. The Morgan fingerprint density at radius 1 is 1.33 bits per heavy atom. The van der Waals surface area contributed by atoms with E-state index in [0.717, 1.165) is 11.1 Å². The van der Waals surface area contributed by atoms with E-state index in [4.69, 9.17) is 0 Å². The Morgan fingerprint density at radius 3 is 2.44 bits per heavy atom. The Hall–Kier alpha value is -0.430. The van der Waals surface area contributed by atoms with Crippen molar-refractivity contribution >= 4 is 26.0 Å². The van der Waals surface area contributed by atoms with Crippen molar-refractivity contribution in [2.75, 3.05) is 7.05 Å². The summed E-state index contributed by atoms with van der Waals surface area (Å²) in [5.41, 5.74) is 1.86. The van der Waals surface area contributed by atoms with E-state index in [1.54, 1.807) is 19.9 Å². The van der Waals surface area contributed by atoms with E-state index in [-0.39, 0.29) is 6.04 Å². The molecule has 1 aromatic carbocycles. The molecule has 0 aromatic heterocycles. The van der Waals surface area contributed by atoms with Crippen LogP contribution in [-0.4, -0.2) is 21.5 Å². The Morgan fingerprint density at radius 2 is 1.94 bits per heavy atom. The van der Waals surface area contributed by atoms with Crippen LogP contribution in [0.1, 0.15) is 25.0 Å². The van der Waals surface area contributed by atoms with Crippen LogP contribution < -0.4 is 10.0 Å². The molecule has 0 radical (unpaired) electrons. The second-order valence-electron chi connectivity index (χ2n) is 4.53. The van der Waals surface area contributed by atoms with Gasteiger partial charge < -0.3 is 5.32 Å². The van der Waals surface area contributed by atoms with Crippen LogP contribution in [0.5, 0.6) is 0 Å². The summed E-state index contributed by atoms with van der Waals surface area (Å²) in [6.07, 6.45) is 0. The molecule has 0 atom stereocenters. The lowest BCUT2D eigenvalue weighted by molar-refractivity contribution is 0.569. The molecule has 0 aliphatic rings. The number of hydrogen-bond donors (Lipinski definition) is 2. The largest absolute Gasteiger partial charge is 0.316 e. The van der Waals surface area contributed by atoms with Crippen LogP contribution in [0.3, 0.4) is 0 Å². The minimum Gasteiger partial charge on any atom is -0.316 e. The lowest BCUT2D eigenvalue weighted by atomic mass is 10.1. The highest BCUT2D eigenvalue weighted by atomic mass is 79.9. The van der Waals surface area contributed by atoms with Crippen LogP contribution in [0.25, 0.3) is 0 Å². The van der Waals surface area contributed by atoms with Crippen molar-refractivity contribution in [1.82, 2.24) is 10.0 Å². The lowest BCUT2D eigenvalue weighted by Crippen LogP contribution is -2.30. The summed E-state index contributed by atoms with van der Waals surface area (Å²) in [6, 6.07) is 3.53. The van der Waals surface area contributed by atoms with Crippen LogP contribution in [-0.2, 0) is 16.6 Å². The number of hydrogen-bond acceptors (Lipinski definition) is 3. The molecule has 0 saturated heterocycles. The summed E-state index contributed by atoms with van der Waals surface area (Å²) in [5, 5.41) is 3.02. The topological polar surface area (TPSA) is 58.2 Å². The maximum atomic E-state index is 12.2. The Kier molecular flexibility index (Phi) is 5.33. The van der Waals surface area contributed by atoms with Gasteiger partial charge in [0.2, 0.25) is 10.0 Å². The summed E-state index contributed by atoms with van der Waals surface area (Å²) in [6.45, 7) is 6.13. The number of benzene rings is 1. The highest BCUT2D eigenvalue weighted by Crippen LogP contribution is 2.27. The third kappa shape index (κ3) is 3.78. The predicted molar refractivity (Wildman–Crippen MR) is 77.1 cm³/mol. The Labute approximate surface area is 117 Å². The van der Waals surface area contributed by atoms with Gasteiger partial charge >= 0.3 is 0 Å². The van der Waals surface area contributed by atoms with Crippen molar-refractivity contribution in [2.45, 2.75) is 38.3 Å². The van der Waals surface area contributed by atoms with Gasteiger partial charge in [0.05, 0.1) is 4.90 Å². The van der Waals surface area contributed by atoms with E-state index in [9.17, 15) is 8.42 Å². The molecule has 2 N–H and O–H groups in total. The molecule has 18 heavy (non-hydrogen) atoms. The third-order valence-corrected chi connectivity index (χ3v) is 5.34. The summed E-state index contributed by atoms with van der Waals surface area (Å²) in [5.74, 6) is 0. The quantitative estimate of drug-likeness (QED) is 0.867. The standard InChI is InChI=1S/C12H19BrN2O2S/c1-8(2)15-18(16,17)11-6-10(7-14-4)5-9(3)12(11)13/h5-6,8,14-15H,7H2,1-4H3. The highest BCUT2D eigenvalue weighted by molar-refractivity contribution is 9.10. The summed E-state index contributed by atoms with van der Waals surface area (Å²) in [4.78, 5) is 0.293. The maximum absolute atomic E-state index is 12.2. The third-order valence-electron chi connectivity index (χ3n) is 2.34. The highest BCUT2D eigenvalue weighted by Gasteiger charge is 2.20. The van der Waals surface area contributed by atoms with Crippen molar-refractivity contribution in [1.29, 1.82) is 0 Å². The molecule has 102 valence electrons. The molecule has 1 rings (SSSR count). The molecule has 0 fully saturated rings. The van der Waals surface area contributed by atoms with Crippen molar-refractivity contribution in [2.24, 2.45) is 0 Å². The SMILES string of the molecule is CNCc1cc(C)c(Br)c(S(=O)(=O)NC(C)C)c1. The van der Waals surface area contributed by atoms with Crippen LogP contribution >= 0.6 is 15.9 Å². The zero-order valence-corrected chi connectivity index (χ0v) is 13.4. The molecule has 0 amide bonds. The lowest BCUT2D eigenvalue weighted by Gasteiger charge is -2.14. The van der Waals surface area contributed by atoms with E-state index < -0.39 is 10.0 Å². The Balaban J connectivity index is 3.30. The maximum Gasteiger partial charge on any atom is 0.241 e. The predicted octanol–water partition coefficient (Wildman–Crippen LogP) is 2.16. The van der Waals surface area contributed by atoms with Crippen molar-refractivity contribution in [3.05, 3.63) is 27.7 Å². The second-order valence-corrected chi connectivity index (χ2v) is 7.01. The fourth-order valence-electron chi connectivity index (χ4n) is 1.68. The molecule has 0 spiro atoms. The Bertz CT molecular complexity index is 527. The fourth-order valence-corrected chi connectivity index (χ4v) is 4.00. The molecule has 0 aliphatic carbocycles. The fraction of sp³-hybridized carbons (Fsp3) is 0.500. The van der Waals surface area contributed by atoms with Crippen LogP contribution in [0.2, 0.25) is 0 Å². The molecule has 4 nitrogen and oxygen atoms in total. The van der Waals surface area contributed by atoms with Gasteiger partial charge in [-0.15, -0.1) is 0 Å². The molecular weight excluding hydrogens is 316 g/mol. The minimum absolute atomic E-state index is 0.129. The molecule has 0 heterocycles. The van der Waals surface area contributed by atoms with E-state index in [2.05, 4.69) is 26.0 Å². The molecule has 6 heteroatoms. The molecular formula is C12H19BrN2O2S. The smallest absolute Gasteiger partial charge is 0.241 e. The average Bonchev–Trinajstić information content (AvgIpc) is 2.21. The summed E-state index contributed by atoms with van der Waals surface area (Å²) < 4.78 is 27.6. The van der Waals surface area contributed by atoms with Crippen molar-refractivity contribution < 1.29 is 8.42 Å². The minimum atomic E-state index is -3.48. The van der Waals surface area contributed by atoms with Crippen LogP contribution in [0.4, 0.5) is 0 Å². The number of nitrogens with one attached hydrogen (secondary N) is 2. The van der Waals surface area contributed by atoms with E-state index in [1.807, 2.05) is 20.0 Å². The molecule has 1 aromatic rings. The molecule has 0 aliphatic heterocycles. The zero-order chi connectivity index (χ0) is 13.9. The average molecular weight is 335 g/mol. The van der Waals surface area contributed by atoms with Gasteiger partial charge in [-0.2, -0.15) is 0 Å². The first-order valence-electron chi connectivity index (χ1n) is 5.74. The number of halogens is 1. The monoisotopic (exact) mass is 334 g/mol. The summed E-state index contributed by atoms with van der Waals surface area (Å²) in [7, 11) is -1.65. The van der Waals surface area contributed by atoms with Gasteiger partial charge in [-0.1, -0.05) is 6.07 Å². The molecule has 0 saturated carbocycles. The summed E-state index contributed by atoms with van der Waals surface area (Å²) >= 11 is 3.35. The van der Waals surface area contributed by atoms with Crippen molar-refractivity contribution in [3.8, 4) is 0 Å². The van der Waals surface area contributed by atoms with E-state index >= 15 is 0 Å². The first kappa shape index (κ1) is 15.6. The van der Waals surface area contributed by atoms with Gasteiger partial charge in [0.15, 0.2) is 0 Å². The van der Waals surface area contributed by atoms with E-state index in [1.165, 1.54) is 0 Å². The number of rotatable bonds is 5. The van der Waals surface area contributed by atoms with Gasteiger partial charge in [0, 0.05) is 17.1 Å². The van der Waals surface area contributed by atoms with Gasteiger partial charge in [-0.05, 0) is 60.9 Å². The van der Waals surface area contributed by atoms with Crippen LogP contribution in [0.15, 0.2) is 21.5 Å². The first-order chi connectivity index (χ1) is 8.27. The van der Waals surface area contributed by atoms with Gasteiger partial charge in [-0.3, -0.25) is 0 Å². The molecule has 0 unspecified atom stereocenters. The normalized spacial score (nSPS) is 12.1. The van der Waals surface area contributed by atoms with Gasteiger partial charge in [0.25, 0.3) is 0 Å². The van der Waals surface area contributed by atoms with E-state index in [0.29, 0.717) is 15.9 Å². The van der Waals surface area contributed by atoms with Gasteiger partial charge in [0.1, 0.15) is 0 Å². The zero-order valence-electron chi connectivity index (χ0n) is 11.0. The van der Waals surface area contributed by atoms with Crippen molar-refractivity contribution in [3.63, 3.8) is 0 Å².